The maximum Gasteiger partial charge on any atom is 0.420 e. The van der Waals surface area contributed by atoms with Crippen LogP contribution in [0, 0.1) is 0 Å². The van der Waals surface area contributed by atoms with E-state index >= 15 is 0 Å². The third-order valence-electron chi connectivity index (χ3n) is 3.34. The second-order valence-electron chi connectivity index (χ2n) is 5.28. The molecule has 4 N–H and O–H groups in total. The van der Waals surface area contributed by atoms with Crippen LogP contribution in [0.5, 0.6) is 17.4 Å². The number of hydrogen-bond donors (Lipinski definition) is 3. The minimum atomic E-state index is -1.06. The molecule has 0 atom stereocenters. The number of carbonyl (C=O) groups is 3. The number of amides is 3. The van der Waals surface area contributed by atoms with E-state index in [9.17, 15) is 14.4 Å². The molecular weight excluding hydrogens is 368 g/mol. The van der Waals surface area contributed by atoms with Crippen LogP contribution in [0.25, 0.3) is 0 Å². The molecule has 0 spiro atoms. The van der Waals surface area contributed by atoms with Crippen LogP contribution < -0.4 is 30.6 Å². The van der Waals surface area contributed by atoms with Crippen molar-refractivity contribution in [1.82, 2.24) is 10.3 Å². The SMILES string of the molecule is CCOc1ccc(NC(=O)c2cnc(OC(=O)NC(=O)CN)c(OC)c2)cc1. The Hall–Kier alpha value is -3.66. The van der Waals surface area contributed by atoms with Gasteiger partial charge < -0.3 is 25.3 Å². The molecule has 10 heteroatoms. The number of carbonyl (C=O) groups excluding carboxylic acids is 3. The highest BCUT2D eigenvalue weighted by atomic mass is 16.6. The number of nitrogens with two attached hydrogens (primary N) is 1. The predicted octanol–water partition coefficient (Wildman–Crippen LogP) is 1.31. The number of aromatic nitrogens is 1. The van der Waals surface area contributed by atoms with E-state index in [0.29, 0.717) is 18.0 Å². The minimum Gasteiger partial charge on any atom is -0.494 e. The topological polar surface area (TPSA) is 142 Å². The Bertz CT molecular complexity index is 854. The quantitative estimate of drug-likeness (QED) is 0.644. The van der Waals surface area contributed by atoms with Crippen molar-refractivity contribution in [1.29, 1.82) is 0 Å². The fourth-order valence-corrected chi connectivity index (χ4v) is 2.06. The minimum absolute atomic E-state index is 0.0368. The normalized spacial score (nSPS) is 9.96. The average molecular weight is 388 g/mol. The molecule has 0 saturated heterocycles. The lowest BCUT2D eigenvalue weighted by atomic mass is 10.2. The Balaban J connectivity index is 2.08. The molecule has 0 aliphatic rings. The number of methoxy groups -OCH3 is 1. The van der Waals surface area contributed by atoms with Gasteiger partial charge in [0.15, 0.2) is 5.75 Å². The van der Waals surface area contributed by atoms with E-state index in [1.54, 1.807) is 24.3 Å². The van der Waals surface area contributed by atoms with Gasteiger partial charge in [0.2, 0.25) is 5.91 Å². The number of imide groups is 1. The van der Waals surface area contributed by atoms with Gasteiger partial charge in [-0.05, 0) is 31.2 Å². The second kappa shape index (κ2) is 9.88. The van der Waals surface area contributed by atoms with Gasteiger partial charge in [-0.3, -0.25) is 14.9 Å². The lowest BCUT2D eigenvalue weighted by Gasteiger charge is -2.11. The lowest BCUT2D eigenvalue weighted by molar-refractivity contribution is -0.118. The summed E-state index contributed by atoms with van der Waals surface area (Å²) in [6.07, 6.45) is 0.146. The van der Waals surface area contributed by atoms with Gasteiger partial charge in [0.05, 0.1) is 25.8 Å². The molecule has 0 aliphatic carbocycles. The number of ether oxygens (including phenoxy) is 3. The van der Waals surface area contributed by atoms with Gasteiger partial charge in [0.1, 0.15) is 5.75 Å². The van der Waals surface area contributed by atoms with Gasteiger partial charge in [-0.1, -0.05) is 0 Å². The molecule has 0 fully saturated rings. The average Bonchev–Trinajstić information content (AvgIpc) is 2.69. The first-order valence-corrected chi connectivity index (χ1v) is 8.26. The van der Waals surface area contributed by atoms with Crippen LogP contribution in [0.15, 0.2) is 36.5 Å². The third kappa shape index (κ3) is 5.68. The molecule has 2 rings (SSSR count). The molecule has 3 amide bonds. The van der Waals surface area contributed by atoms with Crippen LogP contribution in [-0.4, -0.2) is 43.2 Å². The molecule has 28 heavy (non-hydrogen) atoms. The molecular formula is C18H20N4O6. The predicted molar refractivity (Wildman–Crippen MR) is 99.6 cm³/mol. The Labute approximate surface area is 161 Å². The maximum absolute atomic E-state index is 12.4. The standard InChI is InChI=1S/C18H20N4O6/c1-3-27-13-6-4-12(5-7-13)21-16(24)11-8-14(26-2)17(20-10-11)28-18(25)22-15(23)9-19/h4-8,10H,3,9,19H2,1-2H3,(H,21,24)(H,22,23,25). The van der Waals surface area contributed by atoms with Crippen LogP contribution >= 0.6 is 0 Å². The van der Waals surface area contributed by atoms with Crippen molar-refractivity contribution in [3.8, 4) is 17.4 Å². The van der Waals surface area contributed by atoms with E-state index in [1.807, 2.05) is 12.2 Å². The molecule has 0 radical (unpaired) electrons. The number of hydrogen-bond acceptors (Lipinski definition) is 8. The van der Waals surface area contributed by atoms with E-state index in [2.05, 4.69) is 10.3 Å². The highest BCUT2D eigenvalue weighted by Gasteiger charge is 2.17. The molecule has 10 nitrogen and oxygen atoms in total. The molecule has 0 bridgehead atoms. The highest BCUT2D eigenvalue weighted by molar-refractivity contribution is 6.04. The molecule has 0 saturated carbocycles. The van der Waals surface area contributed by atoms with Crippen LogP contribution in [0.1, 0.15) is 17.3 Å². The van der Waals surface area contributed by atoms with Crippen molar-refractivity contribution < 1.29 is 28.6 Å². The smallest absolute Gasteiger partial charge is 0.420 e. The van der Waals surface area contributed by atoms with Crippen molar-refractivity contribution >= 4 is 23.6 Å². The molecule has 1 aromatic heterocycles. The van der Waals surface area contributed by atoms with Crippen LogP contribution in [0.3, 0.4) is 0 Å². The van der Waals surface area contributed by atoms with Gasteiger partial charge >= 0.3 is 6.09 Å². The van der Waals surface area contributed by atoms with Crippen molar-refractivity contribution in [2.24, 2.45) is 5.73 Å². The fourth-order valence-electron chi connectivity index (χ4n) is 2.06. The molecule has 148 valence electrons. The van der Waals surface area contributed by atoms with Crippen LogP contribution in [0.4, 0.5) is 10.5 Å². The van der Waals surface area contributed by atoms with Crippen LogP contribution in [-0.2, 0) is 4.79 Å². The molecule has 0 unspecified atom stereocenters. The monoisotopic (exact) mass is 388 g/mol. The number of nitrogens with one attached hydrogen (secondary N) is 2. The van der Waals surface area contributed by atoms with Crippen molar-refractivity contribution in [2.75, 3.05) is 25.6 Å². The van der Waals surface area contributed by atoms with Crippen LogP contribution in [0.2, 0.25) is 0 Å². The fraction of sp³-hybridized carbons (Fsp3) is 0.222. The molecule has 0 aliphatic heterocycles. The number of pyridine rings is 1. The highest BCUT2D eigenvalue weighted by Crippen LogP contribution is 2.26. The summed E-state index contributed by atoms with van der Waals surface area (Å²) in [7, 11) is 1.32. The van der Waals surface area contributed by atoms with Gasteiger partial charge in [0.25, 0.3) is 11.8 Å². The van der Waals surface area contributed by atoms with Crippen molar-refractivity contribution in [3.05, 3.63) is 42.1 Å². The van der Waals surface area contributed by atoms with E-state index in [1.165, 1.54) is 19.4 Å². The largest absolute Gasteiger partial charge is 0.494 e. The van der Waals surface area contributed by atoms with E-state index in [-0.39, 0.29) is 23.7 Å². The van der Waals surface area contributed by atoms with E-state index < -0.39 is 17.9 Å². The summed E-state index contributed by atoms with van der Waals surface area (Å²) in [4.78, 5) is 39.0. The maximum atomic E-state index is 12.4. The van der Waals surface area contributed by atoms with Gasteiger partial charge in [0, 0.05) is 18.0 Å². The Kier molecular flexibility index (Phi) is 7.28. The van der Waals surface area contributed by atoms with Crippen molar-refractivity contribution in [2.45, 2.75) is 6.92 Å². The summed E-state index contributed by atoms with van der Waals surface area (Å²) in [5.74, 6) is -0.631. The second-order valence-corrected chi connectivity index (χ2v) is 5.28. The molecule has 1 aromatic carbocycles. The van der Waals surface area contributed by atoms with Gasteiger partial charge in [-0.15, -0.1) is 0 Å². The summed E-state index contributed by atoms with van der Waals surface area (Å²) >= 11 is 0. The van der Waals surface area contributed by atoms with Crippen molar-refractivity contribution in [3.63, 3.8) is 0 Å². The number of rotatable bonds is 7. The van der Waals surface area contributed by atoms with E-state index in [0.717, 1.165) is 0 Å². The zero-order valence-corrected chi connectivity index (χ0v) is 15.4. The Morgan fingerprint density at radius 3 is 2.50 bits per heavy atom. The summed E-state index contributed by atoms with van der Waals surface area (Å²) in [5, 5.41) is 4.61. The first-order valence-electron chi connectivity index (χ1n) is 8.26. The number of benzene rings is 1. The first kappa shape index (κ1) is 20.6. The number of anilines is 1. The molecule has 2 aromatic rings. The first-order chi connectivity index (χ1) is 13.5. The van der Waals surface area contributed by atoms with E-state index in [4.69, 9.17) is 19.9 Å². The summed E-state index contributed by atoms with van der Waals surface area (Å²) in [6, 6.07) is 8.21. The van der Waals surface area contributed by atoms with Gasteiger partial charge in [-0.2, -0.15) is 0 Å². The third-order valence-corrected chi connectivity index (χ3v) is 3.34. The summed E-state index contributed by atoms with van der Waals surface area (Å²) in [5.41, 5.74) is 5.84. The Morgan fingerprint density at radius 1 is 1.18 bits per heavy atom. The Morgan fingerprint density at radius 2 is 1.89 bits per heavy atom. The zero-order valence-electron chi connectivity index (χ0n) is 15.4. The van der Waals surface area contributed by atoms with Gasteiger partial charge in [-0.25, -0.2) is 9.78 Å². The number of nitrogens with zero attached hydrogens (tertiary/aromatic N) is 1. The molecule has 1 heterocycles. The summed E-state index contributed by atoms with van der Waals surface area (Å²) in [6.45, 7) is 2.05. The zero-order chi connectivity index (χ0) is 20.5. The summed E-state index contributed by atoms with van der Waals surface area (Å²) < 4.78 is 15.3. The lowest BCUT2D eigenvalue weighted by Crippen LogP contribution is -2.37.